The molecule has 0 spiro atoms. The Kier molecular flexibility index (Phi) is 2.56. The molecule has 17 heavy (non-hydrogen) atoms. The molecule has 0 aromatic heterocycles. The highest BCUT2D eigenvalue weighted by atomic mass is 14.2. The first kappa shape index (κ1) is 10.3. The van der Waals surface area contributed by atoms with E-state index in [0.29, 0.717) is 0 Å². The number of hydrogen-bond acceptors (Lipinski definition) is 0. The molecule has 0 aliphatic heterocycles. The van der Waals surface area contributed by atoms with E-state index in [-0.39, 0.29) is 0 Å². The van der Waals surface area contributed by atoms with Crippen LogP contribution in [0.15, 0.2) is 54.6 Å². The van der Waals surface area contributed by atoms with Crippen LogP contribution in [0.5, 0.6) is 0 Å². The molecule has 2 aromatic rings. The van der Waals surface area contributed by atoms with Crippen LogP contribution in [0.25, 0.3) is 16.7 Å². The third kappa shape index (κ3) is 1.61. The molecule has 0 nitrogen and oxygen atoms in total. The Morgan fingerprint density at radius 2 is 1.24 bits per heavy atom. The standard InChI is InChI=1S/C17H16/c1-2-3-8-13-14-9-4-6-11-16(14)17-12-7-5-10-15(13)17/h4-12H,2-3H2,1H3. The van der Waals surface area contributed by atoms with Crippen LogP contribution in [0.2, 0.25) is 0 Å². The van der Waals surface area contributed by atoms with Gasteiger partial charge in [-0.15, -0.1) is 0 Å². The van der Waals surface area contributed by atoms with Gasteiger partial charge in [-0.05, 0) is 34.2 Å². The fraction of sp³-hybridized carbons (Fsp3) is 0.176. The first-order chi connectivity index (χ1) is 8.42. The van der Waals surface area contributed by atoms with E-state index in [1.54, 1.807) is 0 Å². The number of benzene rings is 2. The van der Waals surface area contributed by atoms with E-state index in [2.05, 4.69) is 61.5 Å². The van der Waals surface area contributed by atoms with Crippen molar-refractivity contribution >= 4 is 5.57 Å². The lowest BCUT2D eigenvalue weighted by Crippen LogP contribution is -1.80. The van der Waals surface area contributed by atoms with Gasteiger partial charge < -0.3 is 0 Å². The zero-order chi connectivity index (χ0) is 11.7. The first-order valence-corrected chi connectivity index (χ1v) is 6.31. The van der Waals surface area contributed by atoms with Crippen molar-refractivity contribution < 1.29 is 0 Å². The molecule has 0 radical (unpaired) electrons. The summed E-state index contributed by atoms with van der Waals surface area (Å²) in [7, 11) is 0. The second-order valence-corrected chi connectivity index (χ2v) is 4.50. The molecule has 1 aliphatic carbocycles. The van der Waals surface area contributed by atoms with Crippen molar-refractivity contribution in [3.05, 3.63) is 65.7 Å². The summed E-state index contributed by atoms with van der Waals surface area (Å²) in [4.78, 5) is 0. The van der Waals surface area contributed by atoms with Gasteiger partial charge in [-0.3, -0.25) is 0 Å². The van der Waals surface area contributed by atoms with Crippen LogP contribution in [0.1, 0.15) is 30.9 Å². The number of unbranched alkanes of at least 4 members (excludes halogenated alkanes) is 1. The van der Waals surface area contributed by atoms with Crippen molar-refractivity contribution in [2.75, 3.05) is 0 Å². The van der Waals surface area contributed by atoms with Gasteiger partial charge in [-0.25, -0.2) is 0 Å². The van der Waals surface area contributed by atoms with E-state index >= 15 is 0 Å². The van der Waals surface area contributed by atoms with E-state index < -0.39 is 0 Å². The molecule has 0 N–H and O–H groups in total. The number of hydrogen-bond donors (Lipinski definition) is 0. The predicted molar refractivity (Wildman–Crippen MR) is 73.9 cm³/mol. The number of rotatable bonds is 2. The summed E-state index contributed by atoms with van der Waals surface area (Å²) in [5.74, 6) is 0. The van der Waals surface area contributed by atoms with E-state index in [4.69, 9.17) is 0 Å². The molecule has 0 heterocycles. The normalized spacial score (nSPS) is 12.2. The fourth-order valence-electron chi connectivity index (χ4n) is 2.56. The van der Waals surface area contributed by atoms with Crippen LogP contribution in [0.3, 0.4) is 0 Å². The minimum atomic E-state index is 1.15. The maximum atomic E-state index is 2.38. The Morgan fingerprint density at radius 3 is 1.71 bits per heavy atom. The summed E-state index contributed by atoms with van der Waals surface area (Å²) in [6, 6.07) is 17.4. The summed E-state index contributed by atoms with van der Waals surface area (Å²) < 4.78 is 0. The van der Waals surface area contributed by atoms with Gasteiger partial charge in [0.1, 0.15) is 0 Å². The quantitative estimate of drug-likeness (QED) is 0.576. The second-order valence-electron chi connectivity index (χ2n) is 4.50. The third-order valence-electron chi connectivity index (χ3n) is 3.36. The highest BCUT2D eigenvalue weighted by molar-refractivity contribution is 6.00. The van der Waals surface area contributed by atoms with Crippen LogP contribution in [-0.2, 0) is 0 Å². The Morgan fingerprint density at radius 1 is 0.765 bits per heavy atom. The Labute approximate surface area is 103 Å². The Balaban J connectivity index is 2.24. The van der Waals surface area contributed by atoms with Crippen molar-refractivity contribution in [2.24, 2.45) is 0 Å². The lowest BCUT2D eigenvalue weighted by atomic mass is 10.0. The molecule has 0 fully saturated rings. The Bertz CT molecular complexity index is 529. The van der Waals surface area contributed by atoms with Crippen molar-refractivity contribution in [1.82, 2.24) is 0 Å². The number of fused-ring (bicyclic) bond motifs is 3. The molecule has 84 valence electrons. The van der Waals surface area contributed by atoms with Gasteiger partial charge in [0.15, 0.2) is 0 Å². The van der Waals surface area contributed by atoms with Gasteiger partial charge in [0.25, 0.3) is 0 Å². The topological polar surface area (TPSA) is 0 Å². The SMILES string of the molecule is CCCC=C1c2ccccc2-c2ccccc21. The molecule has 0 saturated heterocycles. The second kappa shape index (κ2) is 4.21. The molecule has 0 saturated carbocycles. The molecule has 0 atom stereocenters. The van der Waals surface area contributed by atoms with Crippen molar-refractivity contribution in [2.45, 2.75) is 19.8 Å². The summed E-state index contributed by atoms with van der Waals surface area (Å²) in [6.45, 7) is 2.23. The van der Waals surface area contributed by atoms with Crippen molar-refractivity contribution in [3.8, 4) is 11.1 Å². The zero-order valence-electron chi connectivity index (χ0n) is 10.1. The monoisotopic (exact) mass is 220 g/mol. The van der Waals surface area contributed by atoms with Crippen LogP contribution in [0.4, 0.5) is 0 Å². The fourth-order valence-corrected chi connectivity index (χ4v) is 2.56. The molecule has 3 rings (SSSR count). The van der Waals surface area contributed by atoms with Crippen LogP contribution < -0.4 is 0 Å². The lowest BCUT2D eigenvalue weighted by molar-refractivity contribution is 0.960. The zero-order valence-corrected chi connectivity index (χ0v) is 10.1. The highest BCUT2D eigenvalue weighted by Gasteiger charge is 2.21. The summed E-state index contributed by atoms with van der Waals surface area (Å²) >= 11 is 0. The molecule has 0 amide bonds. The average molecular weight is 220 g/mol. The van der Waals surface area contributed by atoms with Gasteiger partial charge in [0.05, 0.1) is 0 Å². The van der Waals surface area contributed by atoms with Crippen molar-refractivity contribution in [1.29, 1.82) is 0 Å². The third-order valence-corrected chi connectivity index (χ3v) is 3.36. The highest BCUT2D eigenvalue weighted by Crippen LogP contribution is 2.43. The summed E-state index contributed by atoms with van der Waals surface area (Å²) in [5.41, 5.74) is 6.96. The maximum absolute atomic E-state index is 2.38. The molecule has 1 aliphatic rings. The number of allylic oxidation sites excluding steroid dienone is 1. The molecule has 0 unspecified atom stereocenters. The average Bonchev–Trinajstić information content (AvgIpc) is 2.71. The van der Waals surface area contributed by atoms with Gasteiger partial charge in [0, 0.05) is 0 Å². The summed E-state index contributed by atoms with van der Waals surface area (Å²) in [5, 5.41) is 0. The van der Waals surface area contributed by atoms with Gasteiger partial charge in [0.2, 0.25) is 0 Å². The first-order valence-electron chi connectivity index (χ1n) is 6.31. The maximum Gasteiger partial charge on any atom is -0.00991 e. The summed E-state index contributed by atoms with van der Waals surface area (Å²) in [6.07, 6.45) is 4.73. The molecule has 0 heteroatoms. The molecule has 2 aromatic carbocycles. The van der Waals surface area contributed by atoms with Gasteiger partial charge >= 0.3 is 0 Å². The lowest BCUT2D eigenvalue weighted by Gasteiger charge is -2.01. The van der Waals surface area contributed by atoms with Crippen LogP contribution >= 0.6 is 0 Å². The van der Waals surface area contributed by atoms with E-state index in [0.717, 1.165) is 6.42 Å². The minimum absolute atomic E-state index is 1.15. The van der Waals surface area contributed by atoms with Crippen molar-refractivity contribution in [3.63, 3.8) is 0 Å². The van der Waals surface area contributed by atoms with Gasteiger partial charge in [-0.1, -0.05) is 68.0 Å². The predicted octanol–water partition coefficient (Wildman–Crippen LogP) is 4.90. The van der Waals surface area contributed by atoms with Gasteiger partial charge in [-0.2, -0.15) is 0 Å². The Hall–Kier alpha value is -1.82. The van der Waals surface area contributed by atoms with Crippen LogP contribution in [-0.4, -0.2) is 0 Å². The van der Waals surface area contributed by atoms with E-state index in [1.165, 1.54) is 34.2 Å². The molecular weight excluding hydrogens is 204 g/mol. The minimum Gasteiger partial charge on any atom is -0.0760 e. The largest absolute Gasteiger partial charge is 0.0760 e. The smallest absolute Gasteiger partial charge is 0.00991 e. The van der Waals surface area contributed by atoms with E-state index in [1.807, 2.05) is 0 Å². The van der Waals surface area contributed by atoms with Crippen LogP contribution in [0, 0.1) is 0 Å². The molecule has 0 bridgehead atoms. The van der Waals surface area contributed by atoms with E-state index in [9.17, 15) is 0 Å². The molecular formula is C17H16.